The lowest BCUT2D eigenvalue weighted by Crippen LogP contribution is -2.02. The van der Waals surface area contributed by atoms with Crippen LogP contribution >= 0.6 is 0 Å². The third kappa shape index (κ3) is 15.0. The monoisotopic (exact) mass is 1120 g/mol. The molecule has 0 saturated heterocycles. The van der Waals surface area contributed by atoms with Crippen LogP contribution in [0.2, 0.25) is 0 Å². The average Bonchev–Trinajstić information content (AvgIpc) is 3.38. The Kier molecular flexibility index (Phi) is 18.0. The fourth-order valence-electron chi connectivity index (χ4n) is 7.27. The van der Waals surface area contributed by atoms with Crippen LogP contribution in [0.5, 0.6) is 5.75 Å². The molecule has 0 radical (unpaired) electrons. The molecule has 392 valence electrons. The highest BCUT2D eigenvalue weighted by Crippen LogP contribution is 2.40. The zero-order chi connectivity index (χ0) is 56.4. The van der Waals surface area contributed by atoms with Crippen LogP contribution in [-0.4, -0.2) is 62.4 Å². The van der Waals surface area contributed by atoms with Crippen LogP contribution in [0.15, 0.2) is 184 Å². The molecule has 0 unspecified atom stereocenters. The van der Waals surface area contributed by atoms with Gasteiger partial charge in [-0.15, -0.1) is 35.5 Å². The van der Waals surface area contributed by atoms with Gasteiger partial charge in [-0.1, -0.05) is 28.8 Å². The first kappa shape index (κ1) is 57.0. The quantitative estimate of drug-likeness (QED) is 0.0220. The molecule has 0 heterocycles. The van der Waals surface area contributed by atoms with Crippen LogP contribution in [0.1, 0.15) is 22.3 Å². The van der Waals surface area contributed by atoms with Gasteiger partial charge in [0.25, 0.3) is 20.2 Å². The number of nitrogens with two attached hydrogens (primary N) is 1. The maximum absolute atomic E-state index is 12.2. The van der Waals surface area contributed by atoms with E-state index < -0.39 is 51.2 Å². The summed E-state index contributed by atoms with van der Waals surface area (Å²) in [5.74, 6) is -0.0640. The van der Waals surface area contributed by atoms with Gasteiger partial charge in [0.1, 0.15) is 21.2 Å². The van der Waals surface area contributed by atoms with Crippen LogP contribution in [0.3, 0.4) is 0 Å². The lowest BCUT2D eigenvalue weighted by molar-refractivity contribution is 0.482. The molecule has 24 nitrogen and oxygen atoms in total. The molecule has 5 N–H and O–H groups in total. The fraction of sp³-hybridized carbons (Fsp3) is 0.0816. The number of nitrogen functional groups attached to an aromatic ring is 1. The lowest BCUT2D eigenvalue weighted by Gasteiger charge is -2.08. The predicted octanol–water partition coefficient (Wildman–Crippen LogP) is 11.8. The van der Waals surface area contributed by atoms with E-state index in [9.17, 15) is 35.8 Å². The highest BCUT2D eigenvalue weighted by atomic mass is 32.2. The Hall–Kier alpha value is -9.28. The number of hydrogen-bond acceptors (Lipinski definition) is 21. The summed E-state index contributed by atoms with van der Waals surface area (Å²) >= 11 is 0. The fourth-order valence-corrected chi connectivity index (χ4v) is 8.61. The number of phenols is 1. The number of benzene rings is 8. The number of phenolic OH excluding ortho intramolecular Hbond substituents is 1. The normalized spacial score (nSPS) is 11.7. The summed E-state index contributed by atoms with van der Waals surface area (Å²) in [6, 6.07) is 35.4. The van der Waals surface area contributed by atoms with Crippen molar-refractivity contribution in [3.63, 3.8) is 0 Å². The highest BCUT2D eigenvalue weighted by molar-refractivity contribution is 7.86. The number of hydrogen-bond donors (Lipinski definition) is 4. The Morgan fingerprint density at radius 1 is 0.455 bits per heavy atom. The zero-order valence-electron chi connectivity index (χ0n) is 40.3. The molecule has 77 heavy (non-hydrogen) atoms. The molecule has 0 aliphatic rings. The first-order valence-corrected chi connectivity index (χ1v) is 26.5. The molecule has 8 aromatic carbocycles. The van der Waals surface area contributed by atoms with E-state index in [1.54, 1.807) is 91.9 Å². The van der Waals surface area contributed by atoms with Crippen molar-refractivity contribution in [2.45, 2.75) is 37.5 Å². The first-order valence-electron chi connectivity index (χ1n) is 21.7. The maximum atomic E-state index is 12.2. The molecular weight excluding hydrogens is 1080 g/mol. The van der Waals surface area contributed by atoms with Crippen molar-refractivity contribution in [3.05, 3.63) is 156 Å². The SMILES string of the molecule is Cc1cc(N=Nc2cc(C)c(N=Nc3ccc4cc([N+](=C=O)c5cccc(N)c5)ccc4c3O)cc2C)ccc1N=Nc1ccc(N=Nc2cc3c(S(=O)(=O)O)cccc3cc2S(=O)(=O)O)c(C)c1.O=S(=O)=O.O=S(=O)=O. The zero-order valence-corrected chi connectivity index (χ0v) is 43.5. The average molecular weight is 1120 g/mol. The summed E-state index contributed by atoms with van der Waals surface area (Å²) in [5.41, 5.74) is 13.5. The van der Waals surface area contributed by atoms with Crippen molar-refractivity contribution in [1.82, 2.24) is 4.58 Å². The van der Waals surface area contributed by atoms with Crippen molar-refractivity contribution in [2.24, 2.45) is 40.9 Å². The molecule has 0 aliphatic carbocycles. The van der Waals surface area contributed by atoms with E-state index in [4.69, 9.17) is 31.0 Å². The van der Waals surface area contributed by atoms with Gasteiger partial charge in [-0.25, -0.2) is 0 Å². The second-order valence-corrected chi connectivity index (χ2v) is 19.8. The number of aromatic hydroxyl groups is 1. The Morgan fingerprint density at radius 2 is 0.909 bits per heavy atom. The van der Waals surface area contributed by atoms with Crippen molar-refractivity contribution in [1.29, 1.82) is 0 Å². The van der Waals surface area contributed by atoms with Gasteiger partial charge < -0.3 is 10.8 Å². The van der Waals surface area contributed by atoms with Gasteiger partial charge in [-0.2, -0.15) is 52.3 Å². The molecule has 0 amide bonds. The van der Waals surface area contributed by atoms with Gasteiger partial charge in [0, 0.05) is 40.7 Å². The summed E-state index contributed by atoms with van der Waals surface area (Å²) in [4.78, 5) is 10.8. The van der Waals surface area contributed by atoms with Gasteiger partial charge in [0.2, 0.25) is 11.4 Å². The minimum absolute atomic E-state index is 0.0169. The Balaban J connectivity index is 0.00000112. The third-order valence-corrected chi connectivity index (χ3v) is 12.7. The number of anilines is 1. The van der Waals surface area contributed by atoms with Crippen LogP contribution < -0.4 is 10.3 Å². The molecule has 0 aromatic heterocycles. The maximum Gasteiger partial charge on any atom is 0.437 e. The number of rotatable bonds is 12. The summed E-state index contributed by atoms with van der Waals surface area (Å²) in [7, 11) is -15.7. The van der Waals surface area contributed by atoms with E-state index >= 15 is 0 Å². The second-order valence-electron chi connectivity index (χ2n) is 16.2. The summed E-state index contributed by atoms with van der Waals surface area (Å²) in [5, 5.41) is 47.1. The molecular formula is C49H39N10O14S4+. The molecule has 8 aromatic rings. The Labute approximate surface area is 440 Å². The van der Waals surface area contributed by atoms with Crippen molar-refractivity contribution >= 4 is 132 Å². The van der Waals surface area contributed by atoms with Gasteiger partial charge in [-0.3, -0.25) is 9.11 Å². The molecule has 0 spiro atoms. The van der Waals surface area contributed by atoms with Crippen molar-refractivity contribution in [2.75, 3.05) is 5.73 Å². The molecule has 28 heteroatoms. The van der Waals surface area contributed by atoms with E-state index in [1.165, 1.54) is 16.7 Å². The summed E-state index contributed by atoms with van der Waals surface area (Å²) < 4.78 is 120. The van der Waals surface area contributed by atoms with Crippen molar-refractivity contribution in [3.8, 4) is 5.75 Å². The summed E-state index contributed by atoms with van der Waals surface area (Å²) in [6.45, 7) is 7.33. The Morgan fingerprint density at radius 3 is 1.44 bits per heavy atom. The van der Waals surface area contributed by atoms with Crippen molar-refractivity contribution < 1.29 is 61.1 Å². The van der Waals surface area contributed by atoms with Gasteiger partial charge >= 0.3 is 27.3 Å². The van der Waals surface area contributed by atoms with Crippen LogP contribution in [0, 0.1) is 27.7 Å². The first-order chi connectivity index (χ1) is 36.3. The van der Waals surface area contributed by atoms with Crippen LogP contribution in [-0.2, 0) is 46.2 Å². The van der Waals surface area contributed by atoms with E-state index in [0.717, 1.165) is 34.9 Å². The minimum Gasteiger partial charge on any atom is -0.505 e. The number of carbonyl (C=O) groups excluding carboxylic acids is 1. The van der Waals surface area contributed by atoms with E-state index in [1.807, 2.05) is 45.1 Å². The molecule has 0 bridgehead atoms. The van der Waals surface area contributed by atoms with Gasteiger partial charge in [0.05, 0.1) is 34.1 Å². The molecule has 0 saturated carbocycles. The smallest absolute Gasteiger partial charge is 0.437 e. The second kappa shape index (κ2) is 24.4. The van der Waals surface area contributed by atoms with Gasteiger partial charge in [0.15, 0.2) is 5.75 Å². The highest BCUT2D eigenvalue weighted by Gasteiger charge is 2.22. The Bertz CT molecular complexity index is 4300. The molecule has 0 fully saturated rings. The predicted molar refractivity (Wildman–Crippen MR) is 282 cm³/mol. The largest absolute Gasteiger partial charge is 0.505 e. The van der Waals surface area contributed by atoms with E-state index in [0.29, 0.717) is 67.5 Å². The standard InChI is InChI=1S/C49H38N10O8S2.2O3S/c1-28-19-36(12-17-41(28)53-51-35-13-18-42(29(2)20-35)54-58-46-26-40-32(24-48(46)69(65,66)67)7-5-10-47(40)68(62,63)64)52-56-44-21-31(4)45(22-30(44)3)57-55-43-16-11-33-23-38(14-15-39(33)49(43)61)59(27-60)37-9-6-8-34(50)25-37;2*1-4(2)3/h5-26H,50H2,1-4H3,(H2-,51,52,57,58,61,62,63,64,65,66,67);;/p+1. The van der Waals surface area contributed by atoms with Crippen LogP contribution in [0.4, 0.5) is 62.6 Å². The number of azo groups is 4. The number of fused-ring (bicyclic) bond motifs is 2. The topological polar surface area (TPSA) is 376 Å². The number of nitrogens with zero attached hydrogens (tertiary/aromatic N) is 9. The minimum atomic E-state index is -4.80. The number of aryl methyl sites for hydroxylation is 4. The van der Waals surface area contributed by atoms with E-state index in [2.05, 4.69) is 40.9 Å². The molecule has 8 rings (SSSR count). The number of isocyanates is 1. The third-order valence-electron chi connectivity index (χ3n) is 10.9. The molecule has 0 atom stereocenters. The molecule has 0 aliphatic heterocycles. The van der Waals surface area contributed by atoms with Gasteiger partial charge in [-0.05, 0) is 146 Å². The van der Waals surface area contributed by atoms with Crippen LogP contribution in [0.25, 0.3) is 21.5 Å². The van der Waals surface area contributed by atoms with E-state index in [-0.39, 0.29) is 27.9 Å². The lowest BCUT2D eigenvalue weighted by atomic mass is 10.1. The summed E-state index contributed by atoms with van der Waals surface area (Å²) in [6.07, 6.45) is 1.93.